The van der Waals surface area contributed by atoms with Crippen molar-refractivity contribution in [3.8, 4) is 11.5 Å². The molecule has 1 atom stereocenters. The molecule has 176 valence electrons. The summed E-state index contributed by atoms with van der Waals surface area (Å²) in [5.74, 6) is 1.27. The van der Waals surface area contributed by atoms with Crippen molar-refractivity contribution in [1.82, 2.24) is 4.90 Å². The van der Waals surface area contributed by atoms with Crippen molar-refractivity contribution in [2.75, 3.05) is 26.8 Å². The Hall–Kier alpha value is -2.47. The number of carbonyl (C=O) groups excluding carboxylic acids is 1. The minimum atomic E-state index is -1.37. The molecule has 0 bridgehead atoms. The Morgan fingerprint density at radius 3 is 2.58 bits per heavy atom. The molecule has 1 aliphatic heterocycles. The Balaban J connectivity index is 1.21. The fourth-order valence-corrected chi connectivity index (χ4v) is 5.13. The van der Waals surface area contributed by atoms with Crippen LogP contribution in [-0.4, -0.2) is 43.2 Å². The van der Waals surface area contributed by atoms with Gasteiger partial charge in [-0.2, -0.15) is 0 Å². The van der Waals surface area contributed by atoms with Crippen LogP contribution >= 0.6 is 0 Å². The number of methoxy groups -OCH3 is 1. The number of ketones is 1. The molecule has 1 saturated carbocycles. The molecule has 2 aliphatic carbocycles. The molecule has 3 aliphatic rings. The van der Waals surface area contributed by atoms with Crippen molar-refractivity contribution < 1.29 is 23.0 Å². The highest BCUT2D eigenvalue weighted by atomic mass is 19.1. The first kappa shape index (κ1) is 22.3. The van der Waals surface area contributed by atoms with Crippen molar-refractivity contribution in [2.45, 2.75) is 50.7 Å². The quantitative estimate of drug-likeness (QED) is 0.536. The van der Waals surface area contributed by atoms with Crippen molar-refractivity contribution >= 4 is 5.78 Å². The first-order chi connectivity index (χ1) is 15.9. The van der Waals surface area contributed by atoms with Gasteiger partial charge in [0.25, 0.3) is 0 Å². The first-order valence-corrected chi connectivity index (χ1v) is 12.0. The molecule has 5 rings (SSSR count). The second-order valence-electron chi connectivity index (χ2n) is 9.90. The van der Waals surface area contributed by atoms with Gasteiger partial charge in [-0.3, -0.25) is 9.69 Å². The number of fused-ring (bicyclic) bond motifs is 1. The Morgan fingerprint density at radius 2 is 1.88 bits per heavy atom. The van der Waals surface area contributed by atoms with Gasteiger partial charge in [-0.1, -0.05) is 18.2 Å². The van der Waals surface area contributed by atoms with E-state index in [1.807, 2.05) is 12.1 Å². The smallest absolute Gasteiger partial charge is 0.166 e. The zero-order valence-electron chi connectivity index (χ0n) is 19.1. The predicted molar refractivity (Wildman–Crippen MR) is 122 cm³/mol. The van der Waals surface area contributed by atoms with Gasteiger partial charge in [-0.25, -0.2) is 8.78 Å². The number of halogens is 2. The van der Waals surface area contributed by atoms with Crippen molar-refractivity contribution in [3.63, 3.8) is 0 Å². The predicted octanol–water partition coefficient (Wildman–Crippen LogP) is 5.37. The van der Waals surface area contributed by atoms with Crippen LogP contribution in [0.3, 0.4) is 0 Å². The number of Topliss-reactive ketones (excluding diaryl/α,β-unsaturated/α-hetero) is 1. The van der Waals surface area contributed by atoms with E-state index in [1.165, 1.54) is 18.9 Å². The van der Waals surface area contributed by atoms with Gasteiger partial charge in [0.2, 0.25) is 0 Å². The van der Waals surface area contributed by atoms with Gasteiger partial charge in [-0.15, -0.1) is 0 Å². The number of alkyl halides is 1. The molecule has 0 N–H and O–H groups in total. The number of ether oxygens (including phenoxy) is 2. The van der Waals surface area contributed by atoms with Crippen LogP contribution in [0.15, 0.2) is 36.4 Å². The Morgan fingerprint density at radius 1 is 1.12 bits per heavy atom. The van der Waals surface area contributed by atoms with Crippen LogP contribution in [0.1, 0.15) is 53.6 Å². The molecule has 2 aromatic rings. The maximum atomic E-state index is 15.8. The SMILES string of the molecule is COc1cc2c(cc1OCC1CC1)C(=O)C(CC1(F)CCN(Cc3ccccc3F)CC1)C2. The zero-order valence-corrected chi connectivity index (χ0v) is 19.1. The molecule has 33 heavy (non-hydrogen) atoms. The van der Waals surface area contributed by atoms with Crippen molar-refractivity contribution in [1.29, 1.82) is 0 Å². The average molecular weight is 456 g/mol. The van der Waals surface area contributed by atoms with Crippen LogP contribution in [0, 0.1) is 17.7 Å². The monoisotopic (exact) mass is 455 g/mol. The van der Waals surface area contributed by atoms with E-state index in [9.17, 15) is 9.18 Å². The molecule has 0 aromatic heterocycles. The third-order valence-corrected chi connectivity index (χ3v) is 7.38. The van der Waals surface area contributed by atoms with E-state index in [0.29, 0.717) is 74.0 Å². The van der Waals surface area contributed by atoms with Gasteiger partial charge >= 0.3 is 0 Å². The topological polar surface area (TPSA) is 38.8 Å². The number of likely N-dealkylation sites (tertiary alicyclic amines) is 1. The van der Waals surface area contributed by atoms with E-state index >= 15 is 4.39 Å². The third kappa shape index (κ3) is 4.91. The summed E-state index contributed by atoms with van der Waals surface area (Å²) in [4.78, 5) is 15.2. The largest absolute Gasteiger partial charge is 0.493 e. The van der Waals surface area contributed by atoms with Crippen LogP contribution in [0.2, 0.25) is 0 Å². The van der Waals surface area contributed by atoms with E-state index in [-0.39, 0.29) is 23.9 Å². The molecule has 0 spiro atoms. The normalized spacial score (nSPS) is 22.3. The van der Waals surface area contributed by atoms with Crippen LogP contribution in [0.5, 0.6) is 11.5 Å². The number of hydrogen-bond acceptors (Lipinski definition) is 4. The second kappa shape index (κ2) is 9.05. The van der Waals surface area contributed by atoms with Crippen molar-refractivity contribution in [3.05, 3.63) is 58.9 Å². The molecule has 0 radical (unpaired) electrons. The summed E-state index contributed by atoms with van der Waals surface area (Å²) in [6.45, 7) is 2.25. The highest BCUT2D eigenvalue weighted by Crippen LogP contribution is 2.42. The fourth-order valence-electron chi connectivity index (χ4n) is 5.13. The lowest BCUT2D eigenvalue weighted by molar-refractivity contribution is 0.0333. The van der Waals surface area contributed by atoms with Crippen LogP contribution in [0.25, 0.3) is 0 Å². The Kier molecular flexibility index (Phi) is 6.12. The Bertz CT molecular complexity index is 1030. The molecule has 2 fully saturated rings. The number of rotatable bonds is 8. The van der Waals surface area contributed by atoms with Gasteiger partial charge < -0.3 is 9.47 Å². The van der Waals surface area contributed by atoms with E-state index in [2.05, 4.69) is 4.90 Å². The minimum absolute atomic E-state index is 0.00902. The highest BCUT2D eigenvalue weighted by Gasteiger charge is 2.42. The van der Waals surface area contributed by atoms with Crippen LogP contribution < -0.4 is 9.47 Å². The van der Waals surface area contributed by atoms with E-state index in [0.717, 1.165) is 5.56 Å². The average Bonchev–Trinajstić information content (AvgIpc) is 3.60. The van der Waals surface area contributed by atoms with Gasteiger partial charge in [0.05, 0.1) is 13.7 Å². The van der Waals surface area contributed by atoms with E-state index in [4.69, 9.17) is 9.47 Å². The van der Waals surface area contributed by atoms with Gasteiger partial charge in [0, 0.05) is 36.7 Å². The molecule has 0 amide bonds. The summed E-state index contributed by atoms with van der Waals surface area (Å²) in [6, 6.07) is 10.4. The minimum Gasteiger partial charge on any atom is -0.493 e. The molecule has 4 nitrogen and oxygen atoms in total. The number of piperidine rings is 1. The van der Waals surface area contributed by atoms with E-state index < -0.39 is 5.67 Å². The maximum Gasteiger partial charge on any atom is 0.166 e. The van der Waals surface area contributed by atoms with Crippen LogP contribution in [0.4, 0.5) is 8.78 Å². The molecule has 6 heteroatoms. The fraction of sp³-hybridized carbons (Fsp3) is 0.519. The summed E-state index contributed by atoms with van der Waals surface area (Å²) in [5.41, 5.74) is 0.830. The lowest BCUT2D eigenvalue weighted by atomic mass is 9.82. The first-order valence-electron chi connectivity index (χ1n) is 12.0. The summed E-state index contributed by atoms with van der Waals surface area (Å²) >= 11 is 0. The van der Waals surface area contributed by atoms with Gasteiger partial charge in [0.1, 0.15) is 11.5 Å². The maximum absolute atomic E-state index is 15.8. The third-order valence-electron chi connectivity index (χ3n) is 7.38. The number of hydrogen-bond donors (Lipinski definition) is 0. The molecule has 1 heterocycles. The summed E-state index contributed by atoms with van der Waals surface area (Å²) < 4.78 is 41.1. The molecular weight excluding hydrogens is 424 g/mol. The summed E-state index contributed by atoms with van der Waals surface area (Å²) in [7, 11) is 1.60. The zero-order chi connectivity index (χ0) is 23.0. The van der Waals surface area contributed by atoms with Crippen LogP contribution in [-0.2, 0) is 13.0 Å². The standard InChI is InChI=1S/C27H31F2NO3/c1-32-24-13-20-12-21(26(31)22(20)14-25(24)33-17-18-6-7-18)15-27(29)8-10-30(11-9-27)16-19-4-2-3-5-23(19)28/h2-5,13-14,18,21H,6-12,15-17H2,1H3. The summed E-state index contributed by atoms with van der Waals surface area (Å²) in [6.07, 6.45) is 3.86. The Labute approximate surface area is 193 Å². The molecular formula is C27H31F2NO3. The number of carbonyl (C=O) groups is 1. The number of nitrogens with zero attached hydrogens (tertiary/aromatic N) is 1. The molecule has 1 saturated heterocycles. The lowest BCUT2D eigenvalue weighted by Crippen LogP contribution is -2.43. The highest BCUT2D eigenvalue weighted by molar-refractivity contribution is 6.03. The summed E-state index contributed by atoms with van der Waals surface area (Å²) in [5, 5.41) is 0. The van der Waals surface area contributed by atoms with Gasteiger partial charge in [0.15, 0.2) is 17.3 Å². The lowest BCUT2D eigenvalue weighted by Gasteiger charge is -2.37. The molecule has 1 unspecified atom stereocenters. The van der Waals surface area contributed by atoms with E-state index in [1.54, 1.807) is 25.3 Å². The number of benzene rings is 2. The van der Waals surface area contributed by atoms with Gasteiger partial charge in [-0.05, 0) is 68.2 Å². The van der Waals surface area contributed by atoms with Crippen molar-refractivity contribution in [2.24, 2.45) is 11.8 Å². The molecule has 2 aromatic carbocycles. The second-order valence-corrected chi connectivity index (χ2v) is 9.90.